The minimum Gasteiger partial charge on any atom is -0.463 e. The second-order valence-electron chi connectivity index (χ2n) is 6.81. The van der Waals surface area contributed by atoms with E-state index in [-0.39, 0.29) is 30.5 Å². The van der Waals surface area contributed by atoms with Crippen LogP contribution in [0.15, 0.2) is 27.6 Å². The van der Waals surface area contributed by atoms with Gasteiger partial charge in [0.1, 0.15) is 17.1 Å². The molecule has 27 heavy (non-hydrogen) atoms. The molecule has 0 saturated carbocycles. The Balaban J connectivity index is 0.00000364. The zero-order valence-electron chi connectivity index (χ0n) is 16.9. The van der Waals surface area contributed by atoms with E-state index in [0.29, 0.717) is 11.7 Å². The van der Waals surface area contributed by atoms with Crippen LogP contribution in [0.25, 0.3) is 0 Å². The molecule has 1 unspecified atom stereocenters. The standard InChI is InChI=1S/C19H31N5O2.HI/c1-6-20-18(21-10-7-11-24-15(3)12-14(2)23-24)22-13-19(5,25)17-9-8-16(4)26-17;/h8-9,12,25H,6-7,10-11,13H2,1-5H3,(H2,20,21,22);1H. The summed E-state index contributed by atoms with van der Waals surface area (Å²) in [6.45, 7) is 12.3. The number of furan rings is 1. The van der Waals surface area contributed by atoms with Crippen molar-refractivity contribution >= 4 is 29.9 Å². The van der Waals surface area contributed by atoms with Crippen molar-refractivity contribution in [1.82, 2.24) is 20.4 Å². The predicted molar refractivity (Wildman–Crippen MR) is 119 cm³/mol. The number of hydrogen-bond donors (Lipinski definition) is 3. The molecular weight excluding hydrogens is 457 g/mol. The third-order valence-electron chi connectivity index (χ3n) is 4.10. The molecule has 0 bridgehead atoms. The largest absolute Gasteiger partial charge is 0.463 e. The van der Waals surface area contributed by atoms with Crippen LogP contribution < -0.4 is 10.6 Å². The van der Waals surface area contributed by atoms with E-state index in [1.165, 1.54) is 5.69 Å². The second kappa shape index (κ2) is 10.7. The highest BCUT2D eigenvalue weighted by Crippen LogP contribution is 2.22. The van der Waals surface area contributed by atoms with E-state index in [9.17, 15) is 5.11 Å². The van der Waals surface area contributed by atoms with Crippen molar-refractivity contribution in [2.75, 3.05) is 19.6 Å². The summed E-state index contributed by atoms with van der Waals surface area (Å²) in [6, 6.07) is 5.72. The number of halogens is 1. The Morgan fingerprint density at radius 2 is 2.04 bits per heavy atom. The van der Waals surface area contributed by atoms with Gasteiger partial charge in [-0.1, -0.05) is 0 Å². The number of rotatable bonds is 8. The molecule has 0 amide bonds. The first-order valence-corrected chi connectivity index (χ1v) is 9.14. The summed E-state index contributed by atoms with van der Waals surface area (Å²) in [6.07, 6.45) is 0.931. The number of aliphatic hydroxyl groups is 1. The molecule has 0 aliphatic heterocycles. The summed E-state index contributed by atoms with van der Waals surface area (Å²) in [5, 5.41) is 21.6. The van der Waals surface area contributed by atoms with Crippen LogP contribution in [0, 0.1) is 20.8 Å². The van der Waals surface area contributed by atoms with Gasteiger partial charge in [0.15, 0.2) is 5.96 Å². The van der Waals surface area contributed by atoms with E-state index >= 15 is 0 Å². The Morgan fingerprint density at radius 3 is 2.59 bits per heavy atom. The molecule has 0 fully saturated rings. The average molecular weight is 489 g/mol. The fraction of sp³-hybridized carbons (Fsp3) is 0.579. The molecule has 7 nitrogen and oxygen atoms in total. The predicted octanol–water partition coefficient (Wildman–Crippen LogP) is 2.87. The van der Waals surface area contributed by atoms with E-state index in [0.717, 1.165) is 37.5 Å². The Bertz CT molecular complexity index is 736. The van der Waals surface area contributed by atoms with Crippen molar-refractivity contribution in [2.45, 2.75) is 53.2 Å². The van der Waals surface area contributed by atoms with Gasteiger partial charge in [-0.25, -0.2) is 4.99 Å². The highest BCUT2D eigenvalue weighted by atomic mass is 127. The fourth-order valence-electron chi connectivity index (χ4n) is 2.71. The second-order valence-corrected chi connectivity index (χ2v) is 6.81. The van der Waals surface area contributed by atoms with Crippen LogP contribution in [0.3, 0.4) is 0 Å². The summed E-state index contributed by atoms with van der Waals surface area (Å²) in [5.41, 5.74) is 1.08. The number of aliphatic imine (C=N–C) groups is 1. The summed E-state index contributed by atoms with van der Waals surface area (Å²) >= 11 is 0. The molecule has 3 N–H and O–H groups in total. The SMILES string of the molecule is CCNC(=NCC(C)(O)c1ccc(C)o1)NCCCn1nc(C)cc1C.I. The lowest BCUT2D eigenvalue weighted by molar-refractivity contribution is 0.0428. The van der Waals surface area contributed by atoms with Crippen molar-refractivity contribution in [1.29, 1.82) is 0 Å². The maximum atomic E-state index is 10.6. The Hall–Kier alpha value is -1.55. The van der Waals surface area contributed by atoms with Crippen molar-refractivity contribution < 1.29 is 9.52 Å². The first-order chi connectivity index (χ1) is 12.3. The van der Waals surface area contributed by atoms with Crippen molar-refractivity contribution in [3.63, 3.8) is 0 Å². The van der Waals surface area contributed by atoms with Gasteiger partial charge in [-0.05, 0) is 59.2 Å². The van der Waals surface area contributed by atoms with E-state index in [1.54, 1.807) is 13.0 Å². The molecule has 0 aliphatic rings. The van der Waals surface area contributed by atoms with Crippen LogP contribution in [0.4, 0.5) is 0 Å². The van der Waals surface area contributed by atoms with Gasteiger partial charge in [-0.3, -0.25) is 4.68 Å². The topological polar surface area (TPSA) is 87.6 Å². The molecule has 0 aliphatic carbocycles. The van der Waals surface area contributed by atoms with E-state index in [2.05, 4.69) is 33.7 Å². The van der Waals surface area contributed by atoms with Crippen molar-refractivity contribution in [3.8, 4) is 0 Å². The number of aromatic nitrogens is 2. The Labute approximate surface area is 178 Å². The molecule has 0 radical (unpaired) electrons. The molecule has 2 aromatic rings. The number of aryl methyl sites for hydroxylation is 4. The first kappa shape index (κ1) is 23.5. The van der Waals surface area contributed by atoms with Gasteiger partial charge < -0.3 is 20.2 Å². The third-order valence-corrected chi connectivity index (χ3v) is 4.10. The lowest BCUT2D eigenvalue weighted by atomic mass is 10.0. The summed E-state index contributed by atoms with van der Waals surface area (Å²) in [5.74, 6) is 1.99. The van der Waals surface area contributed by atoms with Gasteiger partial charge in [0.2, 0.25) is 0 Å². The maximum Gasteiger partial charge on any atom is 0.191 e. The van der Waals surface area contributed by atoms with Crippen LogP contribution >= 0.6 is 24.0 Å². The van der Waals surface area contributed by atoms with Gasteiger partial charge in [-0.2, -0.15) is 5.10 Å². The maximum absolute atomic E-state index is 10.6. The van der Waals surface area contributed by atoms with Crippen LogP contribution in [-0.4, -0.2) is 40.5 Å². The highest BCUT2D eigenvalue weighted by molar-refractivity contribution is 14.0. The monoisotopic (exact) mass is 489 g/mol. The van der Waals surface area contributed by atoms with E-state index in [1.807, 2.05) is 31.5 Å². The van der Waals surface area contributed by atoms with Gasteiger partial charge in [-0.15, -0.1) is 24.0 Å². The van der Waals surface area contributed by atoms with E-state index in [4.69, 9.17) is 4.42 Å². The van der Waals surface area contributed by atoms with Gasteiger partial charge >= 0.3 is 0 Å². The van der Waals surface area contributed by atoms with Crippen LogP contribution in [0.2, 0.25) is 0 Å². The Kier molecular flexibility index (Phi) is 9.31. The lowest BCUT2D eigenvalue weighted by Crippen LogP contribution is -2.39. The number of nitrogens with zero attached hydrogens (tertiary/aromatic N) is 3. The zero-order chi connectivity index (χ0) is 19.2. The number of hydrogen-bond acceptors (Lipinski definition) is 4. The van der Waals surface area contributed by atoms with Crippen molar-refractivity contribution in [2.24, 2.45) is 4.99 Å². The minimum absolute atomic E-state index is 0. The number of nitrogens with one attached hydrogen (secondary N) is 2. The Morgan fingerprint density at radius 1 is 1.30 bits per heavy atom. The fourth-order valence-corrected chi connectivity index (χ4v) is 2.71. The smallest absolute Gasteiger partial charge is 0.191 e. The molecule has 2 aromatic heterocycles. The first-order valence-electron chi connectivity index (χ1n) is 9.14. The molecule has 0 aromatic carbocycles. The zero-order valence-corrected chi connectivity index (χ0v) is 19.2. The van der Waals surface area contributed by atoms with Gasteiger partial charge in [0.05, 0.1) is 12.2 Å². The summed E-state index contributed by atoms with van der Waals surface area (Å²) in [4.78, 5) is 4.50. The summed E-state index contributed by atoms with van der Waals surface area (Å²) in [7, 11) is 0. The van der Waals surface area contributed by atoms with Crippen molar-refractivity contribution in [3.05, 3.63) is 41.1 Å². The quantitative estimate of drug-likeness (QED) is 0.230. The van der Waals surface area contributed by atoms with Crippen LogP contribution in [0.5, 0.6) is 0 Å². The van der Waals surface area contributed by atoms with Gasteiger partial charge in [0.25, 0.3) is 0 Å². The van der Waals surface area contributed by atoms with Crippen LogP contribution in [0.1, 0.15) is 43.2 Å². The number of guanidine groups is 1. The van der Waals surface area contributed by atoms with E-state index < -0.39 is 5.60 Å². The molecule has 0 spiro atoms. The average Bonchev–Trinajstić information content (AvgIpc) is 3.15. The highest BCUT2D eigenvalue weighted by Gasteiger charge is 2.26. The lowest BCUT2D eigenvalue weighted by Gasteiger charge is -2.19. The normalized spacial score (nSPS) is 13.8. The van der Waals surface area contributed by atoms with Crippen LogP contribution in [-0.2, 0) is 12.1 Å². The molecular formula is C19H32IN5O2. The molecule has 0 saturated heterocycles. The summed E-state index contributed by atoms with van der Waals surface area (Å²) < 4.78 is 7.55. The van der Waals surface area contributed by atoms with Gasteiger partial charge in [0, 0.05) is 25.3 Å². The molecule has 8 heteroatoms. The molecule has 152 valence electrons. The molecule has 1 atom stereocenters. The molecule has 2 rings (SSSR count). The third kappa shape index (κ3) is 7.17. The minimum atomic E-state index is -1.14. The molecule has 2 heterocycles.